The third-order valence-corrected chi connectivity index (χ3v) is 4.33. The SMILES string of the molecule is CCCNC1CCC(OCc2cc(Br)ccc2F)CC1. The van der Waals surface area contributed by atoms with Gasteiger partial charge in [-0.3, -0.25) is 0 Å². The molecular formula is C16H23BrFNO. The van der Waals surface area contributed by atoms with Gasteiger partial charge in [0.25, 0.3) is 0 Å². The zero-order chi connectivity index (χ0) is 14.4. The van der Waals surface area contributed by atoms with Crippen molar-refractivity contribution in [2.45, 2.75) is 57.8 Å². The van der Waals surface area contributed by atoms with Crippen molar-refractivity contribution in [3.05, 3.63) is 34.1 Å². The summed E-state index contributed by atoms with van der Waals surface area (Å²) in [4.78, 5) is 0. The van der Waals surface area contributed by atoms with Crippen molar-refractivity contribution < 1.29 is 9.13 Å². The molecule has 0 aromatic heterocycles. The molecular weight excluding hydrogens is 321 g/mol. The summed E-state index contributed by atoms with van der Waals surface area (Å²) >= 11 is 3.36. The second kappa shape index (κ2) is 8.11. The Morgan fingerprint density at radius 3 is 2.75 bits per heavy atom. The predicted octanol–water partition coefficient (Wildman–Crippen LogP) is 4.42. The molecule has 0 atom stereocenters. The summed E-state index contributed by atoms with van der Waals surface area (Å²) in [7, 11) is 0. The Balaban J connectivity index is 1.74. The molecule has 0 unspecified atom stereocenters. The van der Waals surface area contributed by atoms with E-state index >= 15 is 0 Å². The van der Waals surface area contributed by atoms with Crippen LogP contribution in [0, 0.1) is 5.82 Å². The molecule has 0 spiro atoms. The minimum absolute atomic E-state index is 0.188. The highest BCUT2D eigenvalue weighted by Gasteiger charge is 2.21. The largest absolute Gasteiger partial charge is 0.373 e. The van der Waals surface area contributed by atoms with Gasteiger partial charge in [0.1, 0.15) is 5.82 Å². The van der Waals surface area contributed by atoms with Crippen LogP contribution in [0.2, 0.25) is 0 Å². The lowest BCUT2D eigenvalue weighted by Gasteiger charge is -2.29. The summed E-state index contributed by atoms with van der Waals surface area (Å²) in [6, 6.07) is 5.62. The Kier molecular flexibility index (Phi) is 6.46. The molecule has 0 aliphatic heterocycles. The first-order valence-corrected chi connectivity index (χ1v) is 8.27. The summed E-state index contributed by atoms with van der Waals surface area (Å²) in [5.41, 5.74) is 0.630. The van der Waals surface area contributed by atoms with E-state index in [4.69, 9.17) is 4.74 Å². The monoisotopic (exact) mass is 343 g/mol. The molecule has 1 N–H and O–H groups in total. The molecule has 1 aromatic rings. The van der Waals surface area contributed by atoms with E-state index in [2.05, 4.69) is 28.2 Å². The molecule has 1 aliphatic rings. The maximum Gasteiger partial charge on any atom is 0.128 e. The maximum atomic E-state index is 13.6. The molecule has 0 amide bonds. The first kappa shape index (κ1) is 15.9. The maximum absolute atomic E-state index is 13.6. The first-order chi connectivity index (χ1) is 9.69. The lowest BCUT2D eigenvalue weighted by atomic mass is 9.93. The quantitative estimate of drug-likeness (QED) is 0.825. The fourth-order valence-corrected chi connectivity index (χ4v) is 3.05. The Bertz CT molecular complexity index is 419. The molecule has 0 heterocycles. The van der Waals surface area contributed by atoms with E-state index in [0.717, 1.165) is 36.7 Å². The number of halogens is 2. The summed E-state index contributed by atoms with van der Waals surface area (Å²) in [5.74, 6) is -0.188. The topological polar surface area (TPSA) is 21.3 Å². The number of rotatable bonds is 6. The summed E-state index contributed by atoms with van der Waals surface area (Å²) in [6.07, 6.45) is 5.90. The number of nitrogens with one attached hydrogen (secondary N) is 1. The van der Waals surface area contributed by atoms with Gasteiger partial charge in [-0.15, -0.1) is 0 Å². The van der Waals surface area contributed by atoms with Gasteiger partial charge >= 0.3 is 0 Å². The average molecular weight is 344 g/mol. The standard InChI is InChI=1S/C16H23BrFNO/c1-2-9-19-14-4-6-15(7-5-14)20-11-12-10-13(17)3-8-16(12)18/h3,8,10,14-15,19H,2,4-7,9,11H2,1H3. The van der Waals surface area contributed by atoms with Crippen LogP contribution in [0.15, 0.2) is 22.7 Å². The number of hydrogen-bond acceptors (Lipinski definition) is 2. The highest BCUT2D eigenvalue weighted by atomic mass is 79.9. The molecule has 0 saturated heterocycles. The van der Waals surface area contributed by atoms with Crippen LogP contribution in [-0.2, 0) is 11.3 Å². The van der Waals surface area contributed by atoms with Crippen LogP contribution in [-0.4, -0.2) is 18.7 Å². The second-order valence-corrected chi connectivity index (χ2v) is 6.39. The van der Waals surface area contributed by atoms with Crippen LogP contribution in [0.25, 0.3) is 0 Å². The zero-order valence-electron chi connectivity index (χ0n) is 12.0. The Morgan fingerprint density at radius 2 is 2.05 bits per heavy atom. The van der Waals surface area contributed by atoms with Crippen LogP contribution < -0.4 is 5.32 Å². The van der Waals surface area contributed by atoms with E-state index in [-0.39, 0.29) is 11.9 Å². The van der Waals surface area contributed by atoms with Gasteiger partial charge in [0.05, 0.1) is 12.7 Å². The minimum atomic E-state index is -0.188. The van der Waals surface area contributed by atoms with Gasteiger partial charge in [-0.1, -0.05) is 22.9 Å². The molecule has 4 heteroatoms. The molecule has 2 nitrogen and oxygen atoms in total. The van der Waals surface area contributed by atoms with Gasteiger partial charge in [-0.05, 0) is 56.8 Å². The summed E-state index contributed by atoms with van der Waals surface area (Å²) in [6.45, 7) is 3.65. The number of ether oxygens (including phenoxy) is 1. The molecule has 1 aromatic carbocycles. The van der Waals surface area contributed by atoms with Crippen LogP contribution in [0.5, 0.6) is 0 Å². The third-order valence-electron chi connectivity index (χ3n) is 3.84. The van der Waals surface area contributed by atoms with Gasteiger partial charge in [-0.25, -0.2) is 4.39 Å². The van der Waals surface area contributed by atoms with E-state index in [1.807, 2.05) is 0 Å². The van der Waals surface area contributed by atoms with Crippen LogP contribution in [0.1, 0.15) is 44.6 Å². The van der Waals surface area contributed by atoms with E-state index in [1.165, 1.54) is 12.5 Å². The molecule has 2 rings (SSSR count). The fraction of sp³-hybridized carbons (Fsp3) is 0.625. The van der Waals surface area contributed by atoms with Gasteiger partial charge in [-0.2, -0.15) is 0 Å². The third kappa shape index (κ3) is 4.83. The van der Waals surface area contributed by atoms with Gasteiger partial charge in [0, 0.05) is 16.1 Å². The first-order valence-electron chi connectivity index (χ1n) is 7.48. The molecule has 1 fully saturated rings. The van der Waals surface area contributed by atoms with E-state index in [9.17, 15) is 4.39 Å². The molecule has 1 saturated carbocycles. The molecule has 0 radical (unpaired) electrons. The van der Waals surface area contributed by atoms with Crippen molar-refractivity contribution in [2.75, 3.05) is 6.54 Å². The van der Waals surface area contributed by atoms with Crippen molar-refractivity contribution in [3.8, 4) is 0 Å². The lowest BCUT2D eigenvalue weighted by molar-refractivity contribution is 0.0101. The Labute approximate surface area is 129 Å². The Hall–Kier alpha value is -0.450. The minimum Gasteiger partial charge on any atom is -0.373 e. The molecule has 112 valence electrons. The lowest BCUT2D eigenvalue weighted by Crippen LogP contribution is -2.35. The molecule has 20 heavy (non-hydrogen) atoms. The van der Waals surface area contributed by atoms with Crippen molar-refractivity contribution in [3.63, 3.8) is 0 Å². The smallest absolute Gasteiger partial charge is 0.128 e. The average Bonchev–Trinajstić information content (AvgIpc) is 2.47. The zero-order valence-corrected chi connectivity index (χ0v) is 13.6. The van der Waals surface area contributed by atoms with Crippen molar-refractivity contribution >= 4 is 15.9 Å². The second-order valence-electron chi connectivity index (χ2n) is 5.47. The van der Waals surface area contributed by atoms with E-state index in [1.54, 1.807) is 12.1 Å². The molecule has 1 aliphatic carbocycles. The van der Waals surface area contributed by atoms with Crippen LogP contribution in [0.3, 0.4) is 0 Å². The number of benzene rings is 1. The van der Waals surface area contributed by atoms with Crippen molar-refractivity contribution in [1.82, 2.24) is 5.32 Å². The highest BCUT2D eigenvalue weighted by Crippen LogP contribution is 2.23. The summed E-state index contributed by atoms with van der Waals surface area (Å²) < 4.78 is 20.4. The fourth-order valence-electron chi connectivity index (χ4n) is 2.64. The van der Waals surface area contributed by atoms with Gasteiger partial charge < -0.3 is 10.1 Å². The van der Waals surface area contributed by atoms with Crippen LogP contribution in [0.4, 0.5) is 4.39 Å². The van der Waals surface area contributed by atoms with Gasteiger partial charge in [0.15, 0.2) is 0 Å². The van der Waals surface area contributed by atoms with E-state index < -0.39 is 0 Å². The molecule has 0 bridgehead atoms. The predicted molar refractivity (Wildman–Crippen MR) is 83.2 cm³/mol. The van der Waals surface area contributed by atoms with E-state index in [0.29, 0.717) is 18.2 Å². The normalized spacial score (nSPS) is 22.9. The highest BCUT2D eigenvalue weighted by molar-refractivity contribution is 9.10. The van der Waals surface area contributed by atoms with Crippen molar-refractivity contribution in [2.24, 2.45) is 0 Å². The van der Waals surface area contributed by atoms with Gasteiger partial charge in [0.2, 0.25) is 0 Å². The number of hydrogen-bond donors (Lipinski definition) is 1. The Morgan fingerprint density at radius 1 is 1.30 bits per heavy atom. The van der Waals surface area contributed by atoms with Crippen LogP contribution >= 0.6 is 15.9 Å². The summed E-state index contributed by atoms with van der Waals surface area (Å²) in [5, 5.41) is 3.56. The van der Waals surface area contributed by atoms with Crippen molar-refractivity contribution in [1.29, 1.82) is 0 Å².